The van der Waals surface area contributed by atoms with Crippen molar-refractivity contribution in [2.24, 2.45) is 0 Å². The van der Waals surface area contributed by atoms with E-state index in [1.807, 2.05) is 6.92 Å². The van der Waals surface area contributed by atoms with Gasteiger partial charge in [0.15, 0.2) is 0 Å². The van der Waals surface area contributed by atoms with E-state index in [9.17, 15) is 9.59 Å². The number of hydrogen-bond donors (Lipinski definition) is 2. The van der Waals surface area contributed by atoms with Crippen LogP contribution in [0.3, 0.4) is 0 Å². The lowest BCUT2D eigenvalue weighted by Crippen LogP contribution is -2.46. The minimum Gasteiger partial charge on any atom is -0.480 e. The molecule has 1 saturated heterocycles. The van der Waals surface area contributed by atoms with E-state index < -0.39 is 12.0 Å². The number of likely N-dealkylation sites (tertiary alicyclic amines) is 1. The molecule has 6 heteroatoms. The molecule has 2 atom stereocenters. The Morgan fingerprint density at radius 2 is 2.25 bits per heavy atom. The first-order valence-electron chi connectivity index (χ1n) is 5.40. The van der Waals surface area contributed by atoms with Crippen LogP contribution in [0, 0.1) is 0 Å². The number of amides is 2. The van der Waals surface area contributed by atoms with E-state index in [-0.39, 0.29) is 12.1 Å². The molecule has 0 spiro atoms. The van der Waals surface area contributed by atoms with Crippen LogP contribution in [0.1, 0.15) is 19.8 Å². The van der Waals surface area contributed by atoms with Crippen LogP contribution >= 0.6 is 0 Å². The van der Waals surface area contributed by atoms with Crippen LogP contribution in [0.2, 0.25) is 0 Å². The maximum absolute atomic E-state index is 11.7. The van der Waals surface area contributed by atoms with Gasteiger partial charge in [0.05, 0.1) is 6.10 Å². The van der Waals surface area contributed by atoms with Gasteiger partial charge in [0.2, 0.25) is 0 Å². The standard InChI is InChI=1S/C10H18N2O4/c1-3-4-11-10(15)12-6-7(16-2)5-8(12)9(13)14/h7-8H,3-6H2,1-2H3,(H,11,15)(H,13,14). The lowest BCUT2D eigenvalue weighted by molar-refractivity contribution is -0.141. The molecule has 2 unspecified atom stereocenters. The quantitative estimate of drug-likeness (QED) is 0.727. The first kappa shape index (κ1) is 12.8. The molecule has 6 nitrogen and oxygen atoms in total. The first-order chi connectivity index (χ1) is 7.60. The molecular formula is C10H18N2O4. The van der Waals surface area contributed by atoms with Crippen molar-refractivity contribution in [1.82, 2.24) is 10.2 Å². The van der Waals surface area contributed by atoms with E-state index >= 15 is 0 Å². The second kappa shape index (κ2) is 5.69. The second-order valence-electron chi connectivity index (χ2n) is 3.83. The summed E-state index contributed by atoms with van der Waals surface area (Å²) in [7, 11) is 1.52. The lowest BCUT2D eigenvalue weighted by atomic mass is 10.2. The lowest BCUT2D eigenvalue weighted by Gasteiger charge is -2.21. The Labute approximate surface area is 94.6 Å². The number of aliphatic carboxylic acids is 1. The zero-order valence-electron chi connectivity index (χ0n) is 9.60. The molecule has 92 valence electrons. The molecule has 1 aliphatic heterocycles. The summed E-state index contributed by atoms with van der Waals surface area (Å²) in [6.45, 7) is 2.83. The molecule has 0 bridgehead atoms. The van der Waals surface area contributed by atoms with Crippen molar-refractivity contribution >= 4 is 12.0 Å². The summed E-state index contributed by atoms with van der Waals surface area (Å²) in [4.78, 5) is 24.0. The van der Waals surface area contributed by atoms with E-state index in [1.54, 1.807) is 0 Å². The van der Waals surface area contributed by atoms with Crippen molar-refractivity contribution in [3.63, 3.8) is 0 Å². The molecule has 2 amide bonds. The molecule has 0 aliphatic carbocycles. The topological polar surface area (TPSA) is 78.9 Å². The highest BCUT2D eigenvalue weighted by Gasteiger charge is 2.39. The third-order valence-corrected chi connectivity index (χ3v) is 2.67. The third-order valence-electron chi connectivity index (χ3n) is 2.67. The first-order valence-corrected chi connectivity index (χ1v) is 5.40. The van der Waals surface area contributed by atoms with Crippen LogP contribution in [0.4, 0.5) is 4.79 Å². The van der Waals surface area contributed by atoms with E-state index in [4.69, 9.17) is 9.84 Å². The highest BCUT2D eigenvalue weighted by molar-refractivity contribution is 5.83. The molecule has 0 aromatic rings. The van der Waals surface area contributed by atoms with Gasteiger partial charge < -0.3 is 20.1 Å². The maximum Gasteiger partial charge on any atom is 0.326 e. The molecule has 1 aliphatic rings. The highest BCUT2D eigenvalue weighted by atomic mass is 16.5. The van der Waals surface area contributed by atoms with Gasteiger partial charge in [-0.05, 0) is 6.42 Å². The van der Waals surface area contributed by atoms with Crippen molar-refractivity contribution in [3.05, 3.63) is 0 Å². The largest absolute Gasteiger partial charge is 0.480 e. The molecule has 1 rings (SSSR count). The zero-order valence-corrected chi connectivity index (χ0v) is 9.60. The van der Waals surface area contributed by atoms with E-state index in [2.05, 4.69) is 5.32 Å². The predicted molar refractivity (Wildman–Crippen MR) is 57.2 cm³/mol. The number of carbonyl (C=O) groups is 2. The predicted octanol–water partition coefficient (Wildman–Crippen LogP) is 0.280. The summed E-state index contributed by atoms with van der Waals surface area (Å²) in [5, 5.41) is 11.7. The SMILES string of the molecule is CCCNC(=O)N1CC(OC)CC1C(=O)O. The van der Waals surface area contributed by atoms with Gasteiger partial charge in [0.25, 0.3) is 0 Å². The van der Waals surface area contributed by atoms with Crippen molar-refractivity contribution in [1.29, 1.82) is 0 Å². The van der Waals surface area contributed by atoms with E-state index in [1.165, 1.54) is 12.0 Å². The normalized spacial score (nSPS) is 24.5. The second-order valence-corrected chi connectivity index (χ2v) is 3.83. The maximum atomic E-state index is 11.7. The molecule has 0 aromatic carbocycles. The van der Waals surface area contributed by atoms with Gasteiger partial charge in [-0.2, -0.15) is 0 Å². The minimum absolute atomic E-state index is 0.187. The van der Waals surface area contributed by atoms with Crippen molar-refractivity contribution in [2.45, 2.75) is 31.9 Å². The Kier molecular flexibility index (Phi) is 4.54. The fourth-order valence-electron chi connectivity index (χ4n) is 1.76. The molecule has 0 radical (unpaired) electrons. The van der Waals surface area contributed by atoms with Gasteiger partial charge in [-0.1, -0.05) is 6.92 Å². The number of hydrogen-bond acceptors (Lipinski definition) is 3. The number of ether oxygens (including phenoxy) is 1. The van der Waals surface area contributed by atoms with Gasteiger partial charge >= 0.3 is 12.0 Å². The average Bonchev–Trinajstić information content (AvgIpc) is 2.70. The summed E-state index contributed by atoms with van der Waals surface area (Å²) in [6.07, 6.45) is 0.990. The summed E-state index contributed by atoms with van der Waals surface area (Å²) in [5.41, 5.74) is 0. The van der Waals surface area contributed by atoms with Crippen molar-refractivity contribution < 1.29 is 19.4 Å². The number of nitrogens with one attached hydrogen (secondary N) is 1. The average molecular weight is 230 g/mol. The summed E-state index contributed by atoms with van der Waals surface area (Å²) < 4.78 is 5.09. The smallest absolute Gasteiger partial charge is 0.326 e. The summed E-state index contributed by atoms with van der Waals surface area (Å²) in [6, 6.07) is -1.10. The molecule has 1 heterocycles. The Balaban J connectivity index is 2.61. The van der Waals surface area contributed by atoms with Gasteiger partial charge in [-0.15, -0.1) is 0 Å². The fourth-order valence-corrected chi connectivity index (χ4v) is 1.76. The molecule has 0 aromatic heterocycles. The Hall–Kier alpha value is -1.30. The van der Waals surface area contributed by atoms with Gasteiger partial charge in [-0.3, -0.25) is 0 Å². The number of methoxy groups -OCH3 is 1. The van der Waals surface area contributed by atoms with Crippen molar-refractivity contribution in [3.8, 4) is 0 Å². The van der Waals surface area contributed by atoms with Crippen LogP contribution < -0.4 is 5.32 Å². The Morgan fingerprint density at radius 1 is 1.56 bits per heavy atom. The molecule has 1 fully saturated rings. The number of carboxylic acids is 1. The van der Waals surface area contributed by atoms with Crippen molar-refractivity contribution in [2.75, 3.05) is 20.2 Å². The highest BCUT2D eigenvalue weighted by Crippen LogP contribution is 2.20. The van der Waals surface area contributed by atoms with Gasteiger partial charge in [-0.25, -0.2) is 9.59 Å². The number of rotatable bonds is 4. The van der Waals surface area contributed by atoms with E-state index in [0.29, 0.717) is 19.5 Å². The van der Waals surface area contributed by atoms with Crippen LogP contribution in [-0.4, -0.2) is 54.4 Å². The third kappa shape index (κ3) is 2.85. The molecule has 0 saturated carbocycles. The molecular weight excluding hydrogens is 212 g/mol. The van der Waals surface area contributed by atoms with Crippen LogP contribution in [0.5, 0.6) is 0 Å². The van der Waals surface area contributed by atoms with E-state index in [0.717, 1.165) is 6.42 Å². The molecule has 2 N–H and O–H groups in total. The number of carboxylic acid groups (broad SMARTS) is 1. The number of nitrogens with zero attached hydrogens (tertiary/aromatic N) is 1. The fraction of sp³-hybridized carbons (Fsp3) is 0.800. The van der Waals surface area contributed by atoms with Crippen LogP contribution in [-0.2, 0) is 9.53 Å². The van der Waals surface area contributed by atoms with Gasteiger partial charge in [0, 0.05) is 26.6 Å². The number of carbonyl (C=O) groups excluding carboxylic acids is 1. The molecule has 16 heavy (non-hydrogen) atoms. The van der Waals surface area contributed by atoms with Gasteiger partial charge in [0.1, 0.15) is 6.04 Å². The minimum atomic E-state index is -0.980. The Morgan fingerprint density at radius 3 is 2.75 bits per heavy atom. The zero-order chi connectivity index (χ0) is 12.1. The summed E-state index contributed by atoms with van der Waals surface area (Å²) in [5.74, 6) is -0.980. The summed E-state index contributed by atoms with van der Waals surface area (Å²) >= 11 is 0. The van der Waals surface area contributed by atoms with Crippen LogP contribution in [0.15, 0.2) is 0 Å². The monoisotopic (exact) mass is 230 g/mol. The number of urea groups is 1. The van der Waals surface area contributed by atoms with Crippen LogP contribution in [0.25, 0.3) is 0 Å². The Bertz CT molecular complexity index is 270.